The molecule has 0 N–H and O–H groups in total. The van der Waals surface area contributed by atoms with Crippen LogP contribution in [0.4, 0.5) is 0 Å². The Kier molecular flexibility index (Phi) is 3.59. The van der Waals surface area contributed by atoms with Gasteiger partial charge in [0.15, 0.2) is 0 Å². The highest BCUT2D eigenvalue weighted by atomic mass is 15.0. The van der Waals surface area contributed by atoms with E-state index in [9.17, 15) is 0 Å². The fraction of sp³-hybridized carbons (Fsp3) is 0. The molecule has 192 valence electrons. The Morgan fingerprint density at radius 2 is 0.976 bits per heavy atom. The molecule has 3 nitrogen and oxygen atoms in total. The molecule has 0 aliphatic rings. The van der Waals surface area contributed by atoms with Gasteiger partial charge in [0.2, 0.25) is 0 Å². The third-order valence-electron chi connectivity index (χ3n) is 9.55. The fourth-order valence-corrected chi connectivity index (χ4v) is 7.98. The van der Waals surface area contributed by atoms with E-state index >= 15 is 0 Å². The fourth-order valence-electron chi connectivity index (χ4n) is 7.98. The third kappa shape index (κ3) is 2.32. The summed E-state index contributed by atoms with van der Waals surface area (Å²) in [6, 6.07) is 46.7. The molecule has 3 heteroatoms. The van der Waals surface area contributed by atoms with Crippen LogP contribution in [0.5, 0.6) is 0 Å². The molecule has 0 spiro atoms. The maximum absolute atomic E-state index is 5.29. The third-order valence-corrected chi connectivity index (χ3v) is 9.55. The van der Waals surface area contributed by atoms with Crippen molar-refractivity contribution in [2.45, 2.75) is 0 Å². The molecule has 42 heavy (non-hydrogen) atoms. The van der Waals surface area contributed by atoms with Crippen LogP contribution in [-0.4, -0.2) is 13.8 Å². The molecular weight excluding hydrogens is 510 g/mol. The van der Waals surface area contributed by atoms with Gasteiger partial charge in [0.1, 0.15) is 5.65 Å². The van der Waals surface area contributed by atoms with Crippen LogP contribution in [0.1, 0.15) is 0 Å². The van der Waals surface area contributed by atoms with Crippen LogP contribution in [0.3, 0.4) is 0 Å². The summed E-state index contributed by atoms with van der Waals surface area (Å²) in [6.07, 6.45) is 0. The summed E-state index contributed by atoms with van der Waals surface area (Å²) in [5.41, 5.74) is 8.10. The highest BCUT2D eigenvalue weighted by Crippen LogP contribution is 2.47. The molecule has 0 amide bonds. The highest BCUT2D eigenvalue weighted by molar-refractivity contribution is 6.38. The lowest BCUT2D eigenvalue weighted by Gasteiger charge is -2.22. The normalized spacial score (nSPS) is 12.8. The molecule has 0 fully saturated rings. The molecule has 0 radical (unpaired) electrons. The van der Waals surface area contributed by atoms with E-state index in [1.165, 1.54) is 81.3 Å². The summed E-state index contributed by atoms with van der Waals surface area (Å²) < 4.78 is 4.90. The van der Waals surface area contributed by atoms with E-state index < -0.39 is 0 Å². The number of benzene rings is 7. The SMILES string of the molecule is c1ccc2c(c1)nc1c3cc4c5cccc6cccc(c65)n5c6cccc7cccc(c76)c(c3c3ccccc3n21)c45. The second-order valence-corrected chi connectivity index (χ2v) is 11.5. The number of para-hydroxylation sites is 3. The molecule has 0 saturated carbocycles. The van der Waals surface area contributed by atoms with Gasteiger partial charge in [-0.2, -0.15) is 0 Å². The van der Waals surface area contributed by atoms with Gasteiger partial charge >= 0.3 is 0 Å². The van der Waals surface area contributed by atoms with Crippen LogP contribution < -0.4 is 0 Å². The molecule has 0 atom stereocenters. The van der Waals surface area contributed by atoms with Crippen molar-refractivity contribution in [3.8, 4) is 0 Å². The van der Waals surface area contributed by atoms with Gasteiger partial charge in [-0.3, -0.25) is 4.40 Å². The first kappa shape index (κ1) is 21.1. The lowest BCUT2D eigenvalue weighted by molar-refractivity contribution is 1.31. The van der Waals surface area contributed by atoms with Crippen LogP contribution in [0, 0.1) is 0 Å². The molecule has 4 aromatic heterocycles. The van der Waals surface area contributed by atoms with Crippen molar-refractivity contribution in [2.24, 2.45) is 0 Å². The van der Waals surface area contributed by atoms with Crippen LogP contribution in [0.25, 0.3) is 98.0 Å². The maximum atomic E-state index is 5.29. The Morgan fingerprint density at radius 1 is 0.381 bits per heavy atom. The Bertz CT molecular complexity index is 2930. The number of fused-ring (bicyclic) bond motifs is 13. The highest BCUT2D eigenvalue weighted by Gasteiger charge is 2.23. The van der Waals surface area contributed by atoms with Crippen molar-refractivity contribution in [2.75, 3.05) is 0 Å². The van der Waals surface area contributed by atoms with Crippen molar-refractivity contribution in [3.63, 3.8) is 0 Å². The molecule has 7 aromatic carbocycles. The van der Waals surface area contributed by atoms with E-state index in [0.29, 0.717) is 0 Å². The summed E-state index contributed by atoms with van der Waals surface area (Å²) in [5.74, 6) is 0. The number of aromatic nitrogens is 3. The minimum absolute atomic E-state index is 1.01. The predicted molar refractivity (Wildman–Crippen MR) is 177 cm³/mol. The van der Waals surface area contributed by atoms with Crippen LogP contribution >= 0.6 is 0 Å². The number of imidazole rings is 1. The minimum atomic E-state index is 1.01. The minimum Gasteiger partial charge on any atom is -0.308 e. The lowest BCUT2D eigenvalue weighted by Crippen LogP contribution is -2.01. The smallest absolute Gasteiger partial charge is 0.146 e. The van der Waals surface area contributed by atoms with Crippen molar-refractivity contribution in [1.29, 1.82) is 0 Å². The molecule has 0 bridgehead atoms. The van der Waals surface area contributed by atoms with Gasteiger partial charge in [-0.15, -0.1) is 0 Å². The standard InChI is InChI=1S/C39H21N3/c1-3-17-30-25(13-1)36-28(39-40-29-16-2-4-18-31(29)42(30)39)21-27-24-14-5-9-22-11-7-19-32(34(22)24)41-33-20-8-12-23-10-6-15-26(35(23)33)37(36)38(27)41/h1-21H. The molecule has 0 aliphatic carbocycles. The van der Waals surface area contributed by atoms with E-state index in [1.54, 1.807) is 0 Å². The Labute approximate surface area is 238 Å². The molecule has 0 unspecified atom stereocenters. The number of nitrogens with zero attached hydrogens (tertiary/aromatic N) is 3. The largest absolute Gasteiger partial charge is 0.308 e. The molecular formula is C39H21N3. The Balaban J connectivity index is 1.62. The summed E-state index contributed by atoms with van der Waals surface area (Å²) in [4.78, 5) is 5.29. The van der Waals surface area contributed by atoms with Gasteiger partial charge in [-0.1, -0.05) is 91.0 Å². The van der Waals surface area contributed by atoms with Crippen molar-refractivity contribution in [1.82, 2.24) is 13.8 Å². The van der Waals surface area contributed by atoms with Crippen molar-refractivity contribution >= 4 is 98.0 Å². The molecule has 0 aliphatic heterocycles. The molecule has 11 aromatic rings. The second kappa shape index (κ2) is 7.15. The van der Waals surface area contributed by atoms with E-state index in [0.717, 1.165) is 16.7 Å². The molecule has 11 rings (SSSR count). The van der Waals surface area contributed by atoms with Crippen LogP contribution in [-0.2, 0) is 0 Å². The second-order valence-electron chi connectivity index (χ2n) is 11.5. The van der Waals surface area contributed by atoms with Crippen LogP contribution in [0.2, 0.25) is 0 Å². The summed E-state index contributed by atoms with van der Waals surface area (Å²) in [6.45, 7) is 0. The van der Waals surface area contributed by atoms with E-state index in [2.05, 4.69) is 136 Å². The van der Waals surface area contributed by atoms with Gasteiger partial charge in [0, 0.05) is 37.7 Å². The zero-order valence-corrected chi connectivity index (χ0v) is 22.5. The topological polar surface area (TPSA) is 21.7 Å². The number of pyridine rings is 3. The number of rotatable bonds is 0. The number of hydrogen-bond acceptors (Lipinski definition) is 1. The maximum Gasteiger partial charge on any atom is 0.146 e. The molecule has 4 heterocycles. The van der Waals surface area contributed by atoms with E-state index in [-0.39, 0.29) is 0 Å². The van der Waals surface area contributed by atoms with Gasteiger partial charge in [-0.05, 0) is 57.9 Å². The Morgan fingerprint density at radius 3 is 1.76 bits per heavy atom. The summed E-state index contributed by atoms with van der Waals surface area (Å²) in [7, 11) is 0. The van der Waals surface area contributed by atoms with Gasteiger partial charge in [-0.25, -0.2) is 4.98 Å². The predicted octanol–water partition coefficient (Wildman–Crippen LogP) is 10.3. The van der Waals surface area contributed by atoms with Gasteiger partial charge in [0.05, 0.1) is 33.1 Å². The first-order valence-electron chi connectivity index (χ1n) is 14.5. The number of hydrogen-bond donors (Lipinski definition) is 0. The van der Waals surface area contributed by atoms with Gasteiger partial charge in [0.25, 0.3) is 0 Å². The summed E-state index contributed by atoms with van der Waals surface area (Å²) >= 11 is 0. The summed E-state index contributed by atoms with van der Waals surface area (Å²) in [5, 5.41) is 14.0. The van der Waals surface area contributed by atoms with Gasteiger partial charge < -0.3 is 4.40 Å². The van der Waals surface area contributed by atoms with Crippen molar-refractivity contribution < 1.29 is 0 Å². The first-order valence-corrected chi connectivity index (χ1v) is 14.5. The van der Waals surface area contributed by atoms with E-state index in [1.807, 2.05) is 0 Å². The van der Waals surface area contributed by atoms with E-state index in [4.69, 9.17) is 4.98 Å². The lowest BCUT2D eigenvalue weighted by atomic mass is 9.90. The average molecular weight is 532 g/mol. The van der Waals surface area contributed by atoms with Crippen molar-refractivity contribution in [3.05, 3.63) is 127 Å². The Hall–Kier alpha value is -5.67. The first-order chi connectivity index (χ1) is 20.9. The zero-order valence-electron chi connectivity index (χ0n) is 22.5. The monoisotopic (exact) mass is 531 g/mol. The van der Waals surface area contributed by atoms with Crippen LogP contribution in [0.15, 0.2) is 127 Å². The average Bonchev–Trinajstić information content (AvgIpc) is 3.44. The molecule has 0 saturated heterocycles. The zero-order chi connectivity index (χ0) is 27.1. The quantitative estimate of drug-likeness (QED) is 0.141.